The first kappa shape index (κ1) is 10.8. The van der Waals surface area contributed by atoms with Crippen LogP contribution in [0.5, 0.6) is 11.5 Å². The van der Waals surface area contributed by atoms with Crippen LogP contribution in [0, 0.1) is 11.3 Å². The quantitative estimate of drug-likeness (QED) is 0.698. The molecule has 0 amide bonds. The van der Waals surface area contributed by atoms with Crippen molar-refractivity contribution in [3.63, 3.8) is 0 Å². The third-order valence-corrected chi connectivity index (χ3v) is 3.51. The lowest BCUT2D eigenvalue weighted by molar-refractivity contribution is 0.244. The number of aromatic hydroxyl groups is 2. The number of phenols is 2. The van der Waals surface area contributed by atoms with E-state index >= 15 is 0 Å². The van der Waals surface area contributed by atoms with Gasteiger partial charge in [0.25, 0.3) is 0 Å². The Labute approximate surface area is 93.9 Å². The van der Waals surface area contributed by atoms with Crippen LogP contribution in [0.25, 0.3) is 0 Å². The van der Waals surface area contributed by atoms with Gasteiger partial charge in [-0.2, -0.15) is 5.26 Å². The fourth-order valence-corrected chi connectivity index (χ4v) is 2.28. The monoisotopic (exact) mass is 218 g/mol. The summed E-state index contributed by atoms with van der Waals surface area (Å²) < 4.78 is 0. The zero-order chi connectivity index (χ0) is 11.8. The van der Waals surface area contributed by atoms with E-state index in [9.17, 15) is 10.2 Å². The predicted molar refractivity (Wildman–Crippen MR) is 59.1 cm³/mol. The number of hydrogen-bond donors (Lipinski definition) is 3. The largest absolute Gasteiger partial charge is 0.508 e. The molecule has 1 aromatic carbocycles. The minimum Gasteiger partial charge on any atom is -0.508 e. The van der Waals surface area contributed by atoms with E-state index < -0.39 is 0 Å². The molecule has 1 fully saturated rings. The zero-order valence-corrected chi connectivity index (χ0v) is 8.90. The molecule has 0 heterocycles. The summed E-state index contributed by atoms with van der Waals surface area (Å²) in [5, 5.41) is 28.1. The summed E-state index contributed by atoms with van der Waals surface area (Å²) in [6.45, 7) is 0.455. The van der Waals surface area contributed by atoms with Crippen LogP contribution in [-0.4, -0.2) is 16.8 Å². The first-order valence-corrected chi connectivity index (χ1v) is 5.29. The van der Waals surface area contributed by atoms with Crippen molar-refractivity contribution < 1.29 is 10.2 Å². The molecule has 1 aromatic rings. The second-order valence-corrected chi connectivity index (χ2v) is 4.34. The molecule has 0 atom stereocenters. The van der Waals surface area contributed by atoms with E-state index in [1.807, 2.05) is 6.07 Å². The van der Waals surface area contributed by atoms with Crippen molar-refractivity contribution >= 4 is 0 Å². The molecule has 0 bridgehead atoms. The molecule has 1 aliphatic rings. The average molecular weight is 218 g/mol. The van der Waals surface area contributed by atoms with Gasteiger partial charge < -0.3 is 15.9 Å². The van der Waals surface area contributed by atoms with Gasteiger partial charge in [-0.3, -0.25) is 0 Å². The van der Waals surface area contributed by atoms with Crippen molar-refractivity contribution in [3.8, 4) is 17.6 Å². The van der Waals surface area contributed by atoms with E-state index in [1.54, 1.807) is 6.07 Å². The Balaban J connectivity index is 2.53. The molecule has 4 heteroatoms. The Morgan fingerprint density at radius 1 is 1.31 bits per heavy atom. The molecule has 0 unspecified atom stereocenters. The lowest BCUT2D eigenvalue weighted by atomic mass is 9.64. The number of nitriles is 1. The van der Waals surface area contributed by atoms with E-state index in [2.05, 4.69) is 0 Å². The molecule has 0 saturated heterocycles. The van der Waals surface area contributed by atoms with Gasteiger partial charge >= 0.3 is 0 Å². The maximum absolute atomic E-state index is 9.82. The van der Waals surface area contributed by atoms with Gasteiger partial charge in [0.15, 0.2) is 0 Å². The molecule has 0 radical (unpaired) electrons. The molecule has 1 aliphatic carbocycles. The Morgan fingerprint density at radius 2 is 2.00 bits per heavy atom. The Morgan fingerprint density at radius 3 is 2.44 bits per heavy atom. The summed E-state index contributed by atoms with van der Waals surface area (Å²) in [5.41, 5.74) is 6.42. The van der Waals surface area contributed by atoms with Crippen LogP contribution in [0.2, 0.25) is 0 Å². The molecule has 0 aromatic heterocycles. The number of nitrogens with zero attached hydrogens (tertiary/aromatic N) is 1. The summed E-state index contributed by atoms with van der Waals surface area (Å²) in [4.78, 5) is 0. The molecule has 84 valence electrons. The average Bonchev–Trinajstić information content (AvgIpc) is 2.20. The lowest BCUT2D eigenvalue weighted by Gasteiger charge is -2.41. The fraction of sp³-hybridized carbons (Fsp3) is 0.417. The molecule has 16 heavy (non-hydrogen) atoms. The number of rotatable bonds is 2. The topological polar surface area (TPSA) is 90.3 Å². The summed E-state index contributed by atoms with van der Waals surface area (Å²) in [6.07, 6.45) is 2.93. The molecule has 0 aliphatic heterocycles. The molecular formula is C12H14N2O2. The van der Waals surface area contributed by atoms with Crippen molar-refractivity contribution in [1.82, 2.24) is 0 Å². The van der Waals surface area contributed by atoms with Crippen LogP contribution in [-0.2, 0) is 5.41 Å². The molecule has 4 N–H and O–H groups in total. The van der Waals surface area contributed by atoms with Gasteiger partial charge in [-0.1, -0.05) is 6.42 Å². The van der Waals surface area contributed by atoms with Crippen LogP contribution in [0.15, 0.2) is 12.1 Å². The van der Waals surface area contributed by atoms with Gasteiger partial charge in [0, 0.05) is 23.6 Å². The van der Waals surface area contributed by atoms with E-state index in [4.69, 9.17) is 11.0 Å². The van der Waals surface area contributed by atoms with Crippen LogP contribution < -0.4 is 5.73 Å². The van der Waals surface area contributed by atoms with E-state index in [1.165, 1.54) is 6.07 Å². The van der Waals surface area contributed by atoms with Crippen molar-refractivity contribution in [2.24, 2.45) is 5.73 Å². The second-order valence-electron chi connectivity index (χ2n) is 4.34. The first-order valence-electron chi connectivity index (χ1n) is 5.29. The molecular weight excluding hydrogens is 204 g/mol. The highest BCUT2D eigenvalue weighted by molar-refractivity contribution is 5.53. The lowest BCUT2D eigenvalue weighted by Crippen LogP contribution is -2.41. The highest BCUT2D eigenvalue weighted by atomic mass is 16.3. The first-order chi connectivity index (χ1) is 7.63. The summed E-state index contributed by atoms with van der Waals surface area (Å²) >= 11 is 0. The predicted octanol–water partition coefficient (Wildman–Crippen LogP) is 1.35. The van der Waals surface area contributed by atoms with Gasteiger partial charge in [-0.05, 0) is 18.9 Å². The molecule has 2 rings (SSSR count). The van der Waals surface area contributed by atoms with Gasteiger partial charge in [0.2, 0.25) is 0 Å². The molecule has 0 spiro atoms. The van der Waals surface area contributed by atoms with Crippen LogP contribution in [0.3, 0.4) is 0 Å². The van der Waals surface area contributed by atoms with Crippen LogP contribution in [0.1, 0.15) is 30.4 Å². The summed E-state index contributed by atoms with van der Waals surface area (Å²) in [6, 6.07) is 4.68. The number of phenolic OH excluding ortho intramolecular Hbond substituents is 2. The van der Waals surface area contributed by atoms with Gasteiger partial charge in [0.05, 0.1) is 5.56 Å². The third kappa shape index (κ3) is 1.41. The van der Waals surface area contributed by atoms with Gasteiger partial charge in [0.1, 0.15) is 17.6 Å². The standard InChI is InChI=1S/C12H14N2O2/c13-6-8-4-9(11(16)5-10(8)15)12(7-14)2-1-3-12/h4-5,15-16H,1-3,7,14H2. The fourth-order valence-electron chi connectivity index (χ4n) is 2.28. The highest BCUT2D eigenvalue weighted by Gasteiger charge is 2.39. The summed E-state index contributed by atoms with van der Waals surface area (Å²) in [5.74, 6) is -0.156. The smallest absolute Gasteiger partial charge is 0.137 e. The Kier molecular flexibility index (Phi) is 2.49. The van der Waals surface area contributed by atoms with Crippen LogP contribution >= 0.6 is 0 Å². The molecule has 1 saturated carbocycles. The van der Waals surface area contributed by atoms with E-state index in [-0.39, 0.29) is 22.5 Å². The zero-order valence-electron chi connectivity index (χ0n) is 8.90. The van der Waals surface area contributed by atoms with Gasteiger partial charge in [-0.25, -0.2) is 0 Å². The number of nitrogens with two attached hydrogens (primary N) is 1. The minimum absolute atomic E-state index is 0.0293. The maximum atomic E-state index is 9.82. The van der Waals surface area contributed by atoms with E-state index in [0.717, 1.165) is 19.3 Å². The Hall–Kier alpha value is -1.73. The highest BCUT2D eigenvalue weighted by Crippen LogP contribution is 2.47. The Bertz CT molecular complexity index is 453. The normalized spacial score (nSPS) is 17.5. The third-order valence-electron chi connectivity index (χ3n) is 3.51. The molecule has 4 nitrogen and oxygen atoms in total. The van der Waals surface area contributed by atoms with Crippen molar-refractivity contribution in [2.45, 2.75) is 24.7 Å². The van der Waals surface area contributed by atoms with Crippen molar-refractivity contribution in [3.05, 3.63) is 23.3 Å². The number of hydrogen-bond acceptors (Lipinski definition) is 4. The SMILES string of the molecule is N#Cc1cc(C2(CN)CCC2)c(O)cc1O. The van der Waals surface area contributed by atoms with Gasteiger partial charge in [-0.15, -0.1) is 0 Å². The minimum atomic E-state index is -0.205. The maximum Gasteiger partial charge on any atom is 0.137 e. The van der Waals surface area contributed by atoms with Crippen molar-refractivity contribution in [1.29, 1.82) is 5.26 Å². The number of benzene rings is 1. The van der Waals surface area contributed by atoms with Crippen LogP contribution in [0.4, 0.5) is 0 Å². The summed E-state index contributed by atoms with van der Waals surface area (Å²) in [7, 11) is 0. The van der Waals surface area contributed by atoms with Crippen molar-refractivity contribution in [2.75, 3.05) is 6.54 Å². The van der Waals surface area contributed by atoms with E-state index in [0.29, 0.717) is 12.1 Å². The second kappa shape index (κ2) is 3.69.